The Morgan fingerprint density at radius 1 is 1.06 bits per heavy atom. The average molecular weight is 503 g/mol. The Labute approximate surface area is 220 Å². The summed E-state index contributed by atoms with van der Waals surface area (Å²) in [4.78, 5) is 12.5. The summed E-state index contributed by atoms with van der Waals surface area (Å²) in [5.41, 5.74) is 2.95. The van der Waals surface area contributed by atoms with E-state index in [2.05, 4.69) is 40.7 Å². The number of halogens is 1. The first-order valence-corrected chi connectivity index (χ1v) is 15.1. The minimum Gasteiger partial charge on any atom is -0.459 e. The summed E-state index contributed by atoms with van der Waals surface area (Å²) in [6.07, 6.45) is 16.8. The normalized spacial score (nSPS) is 40.3. The summed E-state index contributed by atoms with van der Waals surface area (Å²) in [6.45, 7) is 16.0. The molecule has 0 unspecified atom stereocenters. The first kappa shape index (κ1) is 27.3. The zero-order valence-corrected chi connectivity index (χ0v) is 24.3. The molecule has 0 saturated heterocycles. The molecule has 0 N–H and O–H groups in total. The molecule has 4 aliphatic rings. The van der Waals surface area contributed by atoms with Crippen LogP contribution in [0.2, 0.25) is 0 Å². The second-order valence-corrected chi connectivity index (χ2v) is 14.3. The molecule has 3 heteroatoms. The molecule has 0 spiro atoms. The van der Waals surface area contributed by atoms with E-state index >= 15 is 0 Å². The molecule has 0 aliphatic heterocycles. The van der Waals surface area contributed by atoms with Crippen LogP contribution in [0.5, 0.6) is 0 Å². The van der Waals surface area contributed by atoms with Crippen molar-refractivity contribution in [3.8, 4) is 0 Å². The Balaban J connectivity index is 1.44. The third-order valence-electron chi connectivity index (χ3n) is 11.4. The highest BCUT2D eigenvalue weighted by atomic mass is 35.5. The van der Waals surface area contributed by atoms with Gasteiger partial charge in [-0.15, -0.1) is 0 Å². The summed E-state index contributed by atoms with van der Waals surface area (Å²) >= 11 is 6.04. The fraction of sp³-hybridized carbons (Fsp3) is 0.844. The summed E-state index contributed by atoms with van der Waals surface area (Å²) in [6, 6.07) is 0. The van der Waals surface area contributed by atoms with Crippen LogP contribution < -0.4 is 0 Å². The van der Waals surface area contributed by atoms with Crippen LogP contribution in [-0.4, -0.2) is 12.1 Å². The van der Waals surface area contributed by atoms with Gasteiger partial charge in [-0.2, -0.15) is 0 Å². The van der Waals surface area contributed by atoms with Crippen LogP contribution in [0.25, 0.3) is 0 Å². The molecule has 0 aromatic rings. The molecule has 0 radical (unpaired) electrons. The summed E-state index contributed by atoms with van der Waals surface area (Å²) in [5, 5.41) is 0.532. The molecule has 0 bridgehead atoms. The molecule has 0 aromatic heterocycles. The highest BCUT2D eigenvalue weighted by Crippen LogP contribution is 2.67. The molecule has 3 fully saturated rings. The van der Waals surface area contributed by atoms with E-state index in [-0.39, 0.29) is 12.1 Å². The first-order valence-electron chi connectivity index (χ1n) is 14.7. The van der Waals surface area contributed by atoms with E-state index in [0.717, 1.165) is 54.8 Å². The van der Waals surface area contributed by atoms with Crippen molar-refractivity contribution in [2.45, 2.75) is 125 Å². The van der Waals surface area contributed by atoms with Gasteiger partial charge in [0.1, 0.15) is 6.10 Å². The molecule has 0 heterocycles. The van der Waals surface area contributed by atoms with E-state index < -0.39 is 0 Å². The molecule has 4 rings (SSSR count). The zero-order valence-electron chi connectivity index (χ0n) is 23.6. The second-order valence-electron chi connectivity index (χ2n) is 13.7. The SMILES string of the molecule is C/C(Cl)=C(/C)C(=O)O[C@H]1CC[C@@]2(C)C(=CC[C@H]3[C@H]4CC[C@H]([C@H](C)CCCC(C)C)[C@@]4(C)CC[C@H]32)C1. The molecule has 198 valence electrons. The van der Waals surface area contributed by atoms with Crippen LogP contribution in [0, 0.1) is 46.3 Å². The fourth-order valence-electron chi connectivity index (χ4n) is 9.13. The van der Waals surface area contributed by atoms with Crippen LogP contribution in [0.4, 0.5) is 0 Å². The van der Waals surface area contributed by atoms with Crippen molar-refractivity contribution < 1.29 is 9.53 Å². The van der Waals surface area contributed by atoms with Crippen molar-refractivity contribution in [3.05, 3.63) is 22.3 Å². The monoisotopic (exact) mass is 502 g/mol. The Morgan fingerprint density at radius 3 is 2.49 bits per heavy atom. The van der Waals surface area contributed by atoms with Crippen molar-refractivity contribution >= 4 is 17.6 Å². The van der Waals surface area contributed by atoms with E-state index in [1.807, 2.05) is 0 Å². The maximum Gasteiger partial charge on any atom is 0.335 e. The number of allylic oxidation sites excluding steroid dienone is 2. The van der Waals surface area contributed by atoms with Crippen molar-refractivity contribution in [2.24, 2.45) is 46.3 Å². The minimum absolute atomic E-state index is 0.000692. The molecular weight excluding hydrogens is 452 g/mol. The Bertz CT molecular complexity index is 852. The number of hydrogen-bond acceptors (Lipinski definition) is 2. The van der Waals surface area contributed by atoms with Gasteiger partial charge in [-0.25, -0.2) is 4.79 Å². The maximum atomic E-state index is 12.5. The van der Waals surface area contributed by atoms with Gasteiger partial charge in [0, 0.05) is 17.0 Å². The third kappa shape index (κ3) is 5.17. The van der Waals surface area contributed by atoms with Crippen LogP contribution in [0.15, 0.2) is 22.3 Å². The van der Waals surface area contributed by atoms with Gasteiger partial charge < -0.3 is 4.74 Å². The van der Waals surface area contributed by atoms with Crippen molar-refractivity contribution in [2.75, 3.05) is 0 Å². The van der Waals surface area contributed by atoms with Gasteiger partial charge in [-0.3, -0.25) is 0 Å². The first-order chi connectivity index (χ1) is 16.5. The molecular formula is C32H51ClO2. The topological polar surface area (TPSA) is 26.3 Å². The number of ether oxygens (including phenoxy) is 1. The van der Waals surface area contributed by atoms with Crippen molar-refractivity contribution in [3.63, 3.8) is 0 Å². The van der Waals surface area contributed by atoms with Crippen LogP contribution in [0.1, 0.15) is 119 Å². The summed E-state index contributed by atoms with van der Waals surface area (Å²) in [7, 11) is 0. The quantitative estimate of drug-likeness (QED) is 0.197. The lowest BCUT2D eigenvalue weighted by Gasteiger charge is -2.58. The number of carbonyl (C=O) groups is 1. The van der Waals surface area contributed by atoms with Gasteiger partial charge in [0.2, 0.25) is 0 Å². The van der Waals surface area contributed by atoms with E-state index in [1.54, 1.807) is 19.4 Å². The van der Waals surface area contributed by atoms with Crippen molar-refractivity contribution in [1.82, 2.24) is 0 Å². The van der Waals surface area contributed by atoms with E-state index in [1.165, 1.54) is 51.4 Å². The molecule has 4 aliphatic carbocycles. The van der Waals surface area contributed by atoms with Gasteiger partial charge >= 0.3 is 5.97 Å². The van der Waals surface area contributed by atoms with E-state index in [0.29, 0.717) is 21.4 Å². The van der Waals surface area contributed by atoms with Crippen LogP contribution >= 0.6 is 11.6 Å². The van der Waals surface area contributed by atoms with E-state index in [4.69, 9.17) is 16.3 Å². The molecule has 3 saturated carbocycles. The summed E-state index contributed by atoms with van der Waals surface area (Å²) < 4.78 is 5.90. The number of fused-ring (bicyclic) bond motifs is 5. The summed E-state index contributed by atoms with van der Waals surface area (Å²) in [5.74, 6) is 4.91. The largest absolute Gasteiger partial charge is 0.459 e. The Morgan fingerprint density at radius 2 is 1.80 bits per heavy atom. The maximum absolute atomic E-state index is 12.5. The molecule has 2 nitrogen and oxygen atoms in total. The Hall–Kier alpha value is -0.760. The minimum atomic E-state index is -0.242. The van der Waals surface area contributed by atoms with E-state index in [9.17, 15) is 4.79 Å². The highest BCUT2D eigenvalue weighted by Gasteiger charge is 2.59. The van der Waals surface area contributed by atoms with Crippen LogP contribution in [-0.2, 0) is 9.53 Å². The molecule has 0 amide bonds. The lowest BCUT2D eigenvalue weighted by atomic mass is 9.47. The lowest BCUT2D eigenvalue weighted by Crippen LogP contribution is -2.51. The van der Waals surface area contributed by atoms with Gasteiger partial charge in [-0.1, -0.05) is 77.1 Å². The highest BCUT2D eigenvalue weighted by molar-refractivity contribution is 6.31. The lowest BCUT2D eigenvalue weighted by molar-refractivity contribution is -0.146. The number of carbonyl (C=O) groups excluding carboxylic acids is 1. The number of rotatable bonds is 7. The predicted molar refractivity (Wildman–Crippen MR) is 147 cm³/mol. The third-order valence-corrected chi connectivity index (χ3v) is 11.6. The molecule has 35 heavy (non-hydrogen) atoms. The number of hydrogen-bond donors (Lipinski definition) is 0. The van der Waals surface area contributed by atoms with Crippen molar-refractivity contribution in [1.29, 1.82) is 0 Å². The van der Waals surface area contributed by atoms with Crippen LogP contribution in [0.3, 0.4) is 0 Å². The second kappa shape index (κ2) is 10.5. The average Bonchev–Trinajstić information content (AvgIpc) is 3.15. The van der Waals surface area contributed by atoms with Gasteiger partial charge in [0.15, 0.2) is 0 Å². The molecule has 8 atom stereocenters. The predicted octanol–water partition coefficient (Wildman–Crippen LogP) is 9.47. The fourth-order valence-corrected chi connectivity index (χ4v) is 9.21. The smallest absolute Gasteiger partial charge is 0.335 e. The van der Waals surface area contributed by atoms with Gasteiger partial charge in [0.25, 0.3) is 0 Å². The number of esters is 1. The van der Waals surface area contributed by atoms with Gasteiger partial charge in [0.05, 0.1) is 0 Å². The van der Waals surface area contributed by atoms with Gasteiger partial charge in [-0.05, 0) is 105 Å². The standard InChI is InChI=1S/C32H51ClO2/c1-20(2)9-8-10-21(3)27-13-14-28-26-12-11-24-19-25(35-30(34)22(4)23(5)33)15-17-31(24,6)29(26)16-18-32(27,28)7/h11,20-21,25-29H,8-10,12-19H2,1-7H3/b23-22+/t21-,25+,26+,27-,28-,29-,31+,32-/m1/s1. The Kier molecular flexibility index (Phi) is 8.22. The molecule has 0 aromatic carbocycles. The zero-order chi connectivity index (χ0) is 25.5.